The lowest BCUT2D eigenvalue weighted by atomic mass is 10.1. The molecular formula is C24H22BrN3O5S. The molecule has 3 aromatic rings. The number of carbonyl (C=O) groups is 2. The van der Waals surface area contributed by atoms with Crippen molar-refractivity contribution in [1.29, 1.82) is 0 Å². The van der Waals surface area contributed by atoms with Crippen LogP contribution >= 0.6 is 15.9 Å². The van der Waals surface area contributed by atoms with Gasteiger partial charge in [-0.3, -0.25) is 9.10 Å². The summed E-state index contributed by atoms with van der Waals surface area (Å²) in [7, 11) is -2.72. The number of esters is 1. The van der Waals surface area contributed by atoms with Crippen molar-refractivity contribution in [2.45, 2.75) is 11.8 Å². The zero-order chi connectivity index (χ0) is 24.7. The zero-order valence-electron chi connectivity index (χ0n) is 18.4. The number of anilines is 1. The quantitative estimate of drug-likeness (QED) is 0.263. The number of rotatable bonds is 8. The summed E-state index contributed by atoms with van der Waals surface area (Å²) in [6.45, 7) is 1.38. The lowest BCUT2D eigenvalue weighted by molar-refractivity contribution is -0.119. The maximum Gasteiger partial charge on any atom is 0.337 e. The van der Waals surface area contributed by atoms with Crippen LogP contribution in [0.4, 0.5) is 5.69 Å². The Kier molecular flexibility index (Phi) is 8.19. The Morgan fingerprint density at radius 2 is 1.74 bits per heavy atom. The van der Waals surface area contributed by atoms with Crippen molar-refractivity contribution in [3.63, 3.8) is 0 Å². The smallest absolute Gasteiger partial charge is 0.337 e. The molecule has 0 radical (unpaired) electrons. The van der Waals surface area contributed by atoms with Crippen LogP contribution < -0.4 is 9.73 Å². The second-order valence-electron chi connectivity index (χ2n) is 7.21. The Morgan fingerprint density at radius 3 is 2.35 bits per heavy atom. The molecule has 0 fully saturated rings. The van der Waals surface area contributed by atoms with Crippen molar-refractivity contribution in [1.82, 2.24) is 5.43 Å². The molecule has 0 heterocycles. The fourth-order valence-electron chi connectivity index (χ4n) is 2.95. The fourth-order valence-corrected chi connectivity index (χ4v) is 4.75. The molecule has 0 aliphatic carbocycles. The van der Waals surface area contributed by atoms with E-state index in [0.29, 0.717) is 21.3 Å². The first-order valence-electron chi connectivity index (χ1n) is 10.1. The highest BCUT2D eigenvalue weighted by molar-refractivity contribution is 9.10. The Bertz CT molecular complexity index is 1310. The first-order valence-corrected chi connectivity index (χ1v) is 12.3. The molecule has 0 bridgehead atoms. The van der Waals surface area contributed by atoms with Crippen LogP contribution in [0.5, 0.6) is 0 Å². The van der Waals surface area contributed by atoms with Gasteiger partial charge in [-0.05, 0) is 55.0 Å². The standard InChI is InChI=1S/C24H22BrN3O5S/c1-17-6-12-22(13-7-17)34(31,32)28(21-5-3-4-20(25)14-21)16-23(29)27-26-15-18-8-10-19(11-9-18)24(30)33-2/h3-15H,16H2,1-2H3,(H,27,29)/b26-15-. The van der Waals surface area contributed by atoms with E-state index in [4.69, 9.17) is 0 Å². The monoisotopic (exact) mass is 543 g/mol. The average Bonchev–Trinajstić information content (AvgIpc) is 2.82. The number of aryl methyl sites for hydroxylation is 1. The number of hydrogen-bond acceptors (Lipinski definition) is 6. The number of nitrogens with zero attached hydrogens (tertiary/aromatic N) is 2. The van der Waals surface area contributed by atoms with E-state index in [-0.39, 0.29) is 4.90 Å². The zero-order valence-corrected chi connectivity index (χ0v) is 20.8. The summed E-state index contributed by atoms with van der Waals surface area (Å²) in [5.41, 5.74) is 4.60. The van der Waals surface area contributed by atoms with Gasteiger partial charge in [-0.1, -0.05) is 51.8 Å². The van der Waals surface area contributed by atoms with E-state index < -0.39 is 28.4 Å². The van der Waals surface area contributed by atoms with Gasteiger partial charge >= 0.3 is 5.97 Å². The third-order valence-electron chi connectivity index (χ3n) is 4.73. The van der Waals surface area contributed by atoms with Gasteiger partial charge in [-0.2, -0.15) is 5.10 Å². The largest absolute Gasteiger partial charge is 0.465 e. The van der Waals surface area contributed by atoms with Crippen molar-refractivity contribution >= 4 is 49.7 Å². The van der Waals surface area contributed by atoms with Crippen molar-refractivity contribution < 1.29 is 22.7 Å². The molecule has 0 atom stereocenters. The maximum atomic E-state index is 13.4. The van der Waals surface area contributed by atoms with Crippen LogP contribution in [-0.2, 0) is 19.6 Å². The Balaban J connectivity index is 1.78. The number of benzene rings is 3. The molecule has 0 aliphatic rings. The molecule has 0 aromatic heterocycles. The van der Waals surface area contributed by atoms with E-state index in [1.54, 1.807) is 60.7 Å². The van der Waals surface area contributed by atoms with E-state index in [1.165, 1.54) is 25.5 Å². The van der Waals surface area contributed by atoms with Crippen molar-refractivity contribution in [2.75, 3.05) is 18.0 Å². The second kappa shape index (κ2) is 11.1. The third kappa shape index (κ3) is 6.30. The average molecular weight is 544 g/mol. The van der Waals surface area contributed by atoms with E-state index in [2.05, 4.69) is 31.2 Å². The molecule has 34 heavy (non-hydrogen) atoms. The normalized spacial score (nSPS) is 11.3. The fraction of sp³-hybridized carbons (Fsp3) is 0.125. The van der Waals surface area contributed by atoms with Gasteiger partial charge in [0.05, 0.1) is 29.5 Å². The SMILES string of the molecule is COC(=O)c1ccc(/C=N\NC(=O)CN(c2cccc(Br)c2)S(=O)(=O)c2ccc(C)cc2)cc1. The van der Waals surface area contributed by atoms with Crippen LogP contribution in [0.15, 0.2) is 87.3 Å². The number of ether oxygens (including phenoxy) is 1. The van der Waals surface area contributed by atoms with Crippen LogP contribution in [0.2, 0.25) is 0 Å². The van der Waals surface area contributed by atoms with Gasteiger partial charge in [0.2, 0.25) is 0 Å². The summed E-state index contributed by atoms with van der Waals surface area (Å²) in [5, 5.41) is 3.90. The third-order valence-corrected chi connectivity index (χ3v) is 7.01. The molecule has 10 heteroatoms. The van der Waals surface area contributed by atoms with Crippen molar-refractivity contribution in [2.24, 2.45) is 5.10 Å². The van der Waals surface area contributed by atoms with Gasteiger partial charge < -0.3 is 4.74 Å². The highest BCUT2D eigenvalue weighted by Gasteiger charge is 2.27. The van der Waals surface area contributed by atoms with Gasteiger partial charge in [0, 0.05) is 4.47 Å². The lowest BCUT2D eigenvalue weighted by Gasteiger charge is -2.24. The first kappa shape index (κ1) is 25.1. The molecule has 3 rings (SSSR count). The molecule has 0 saturated heterocycles. The summed E-state index contributed by atoms with van der Waals surface area (Å²) in [4.78, 5) is 24.2. The van der Waals surface area contributed by atoms with Crippen LogP contribution in [0.25, 0.3) is 0 Å². The molecule has 1 N–H and O–H groups in total. The minimum atomic E-state index is -4.02. The molecule has 0 unspecified atom stereocenters. The molecule has 0 spiro atoms. The predicted molar refractivity (Wildman–Crippen MR) is 133 cm³/mol. The van der Waals surface area contributed by atoms with Crippen LogP contribution in [0.3, 0.4) is 0 Å². The number of hydrazone groups is 1. The van der Waals surface area contributed by atoms with Gasteiger partial charge in [0.15, 0.2) is 0 Å². The Hall–Kier alpha value is -3.50. The van der Waals surface area contributed by atoms with E-state index in [0.717, 1.165) is 9.87 Å². The number of amides is 1. The van der Waals surface area contributed by atoms with Crippen molar-refractivity contribution in [3.05, 3.63) is 94.0 Å². The predicted octanol–water partition coefficient (Wildman–Crippen LogP) is 3.89. The molecule has 8 nitrogen and oxygen atoms in total. The summed E-state index contributed by atoms with van der Waals surface area (Å²) < 4.78 is 33.0. The number of carbonyl (C=O) groups excluding carboxylic acids is 2. The Labute approximate surface area is 206 Å². The minimum Gasteiger partial charge on any atom is -0.465 e. The van der Waals surface area contributed by atoms with Gasteiger partial charge in [-0.25, -0.2) is 18.6 Å². The highest BCUT2D eigenvalue weighted by atomic mass is 79.9. The Morgan fingerprint density at radius 1 is 1.06 bits per heavy atom. The number of methoxy groups -OCH3 is 1. The summed E-state index contributed by atoms with van der Waals surface area (Å²) in [6, 6.07) is 19.5. The van der Waals surface area contributed by atoms with Crippen LogP contribution in [0, 0.1) is 6.92 Å². The number of halogens is 1. The van der Waals surface area contributed by atoms with Crippen LogP contribution in [0.1, 0.15) is 21.5 Å². The summed E-state index contributed by atoms with van der Waals surface area (Å²) in [6.07, 6.45) is 1.39. The molecular weight excluding hydrogens is 522 g/mol. The molecule has 1 amide bonds. The molecule has 0 aliphatic heterocycles. The summed E-state index contributed by atoms with van der Waals surface area (Å²) in [5.74, 6) is -1.09. The van der Waals surface area contributed by atoms with Gasteiger partial charge in [-0.15, -0.1) is 0 Å². The molecule has 176 valence electrons. The summed E-state index contributed by atoms with van der Waals surface area (Å²) >= 11 is 3.34. The molecule has 3 aromatic carbocycles. The second-order valence-corrected chi connectivity index (χ2v) is 9.99. The van der Waals surface area contributed by atoms with Gasteiger partial charge in [0.25, 0.3) is 15.9 Å². The first-order chi connectivity index (χ1) is 16.2. The van der Waals surface area contributed by atoms with E-state index >= 15 is 0 Å². The highest BCUT2D eigenvalue weighted by Crippen LogP contribution is 2.26. The number of hydrogen-bond donors (Lipinski definition) is 1. The minimum absolute atomic E-state index is 0.0695. The molecule has 0 saturated carbocycles. The van der Waals surface area contributed by atoms with Crippen molar-refractivity contribution in [3.8, 4) is 0 Å². The van der Waals surface area contributed by atoms with E-state index in [9.17, 15) is 18.0 Å². The topological polar surface area (TPSA) is 105 Å². The van der Waals surface area contributed by atoms with Crippen LogP contribution in [-0.4, -0.2) is 40.2 Å². The lowest BCUT2D eigenvalue weighted by Crippen LogP contribution is -2.39. The van der Waals surface area contributed by atoms with Gasteiger partial charge in [0.1, 0.15) is 6.54 Å². The number of sulfonamides is 1. The number of nitrogens with one attached hydrogen (secondary N) is 1. The van der Waals surface area contributed by atoms with E-state index in [1.807, 2.05) is 6.92 Å². The maximum absolute atomic E-state index is 13.4.